The Morgan fingerprint density at radius 2 is 1.89 bits per heavy atom. The first-order valence-electron chi connectivity index (χ1n) is 12.8. The zero-order valence-electron chi connectivity index (χ0n) is 21.1. The first kappa shape index (κ1) is 24.7. The molecule has 0 bridgehead atoms. The highest BCUT2D eigenvalue weighted by Crippen LogP contribution is 2.30. The van der Waals surface area contributed by atoms with Crippen LogP contribution < -0.4 is 9.80 Å². The summed E-state index contributed by atoms with van der Waals surface area (Å²) in [5.41, 5.74) is 6.62. The fourth-order valence-corrected chi connectivity index (χ4v) is 4.94. The maximum Gasteiger partial charge on any atom is 0.262 e. The van der Waals surface area contributed by atoms with Gasteiger partial charge in [-0.3, -0.25) is 9.78 Å². The maximum absolute atomic E-state index is 13.4. The van der Waals surface area contributed by atoms with Crippen LogP contribution in [0.3, 0.4) is 0 Å². The fraction of sp³-hybridized carbons (Fsp3) is 0.355. The van der Waals surface area contributed by atoms with E-state index in [4.69, 9.17) is 0 Å². The number of pyridine rings is 1. The van der Waals surface area contributed by atoms with Crippen molar-refractivity contribution in [3.05, 3.63) is 102 Å². The standard InChI is InChI=1S/C31H37N3O/c1-4-24(2)16-17-27(26-12-6-5-7-13-26)14-8-10-25-11-9-15-28(22-25)34-21-20-33(3)30-18-19-32-23-29(30)31(34)35/h5-7,9,11-13,15,18-19,22-23,27H,2,4,8,10,14,16-17,20-21H2,1,3H3. The lowest BCUT2D eigenvalue weighted by Gasteiger charge is -2.22. The summed E-state index contributed by atoms with van der Waals surface area (Å²) in [5, 5.41) is 0. The SMILES string of the molecule is C=C(CC)CCC(CCCc1cccc(N2CCN(C)c3ccncc3C2=O)c1)c1ccccc1. The Hall–Kier alpha value is -3.40. The molecule has 2 aromatic carbocycles. The van der Waals surface area contributed by atoms with Crippen LogP contribution in [-0.2, 0) is 6.42 Å². The smallest absolute Gasteiger partial charge is 0.262 e. The number of likely N-dealkylation sites (N-methyl/N-ethyl adjacent to an activating group) is 1. The Balaban J connectivity index is 1.43. The maximum atomic E-state index is 13.4. The Morgan fingerprint density at radius 3 is 2.69 bits per heavy atom. The van der Waals surface area contributed by atoms with Crippen LogP contribution in [0.5, 0.6) is 0 Å². The van der Waals surface area contributed by atoms with Crippen LogP contribution in [-0.4, -0.2) is 31.0 Å². The molecule has 0 saturated carbocycles. The van der Waals surface area contributed by atoms with E-state index >= 15 is 0 Å². The molecule has 0 aliphatic carbocycles. The molecule has 35 heavy (non-hydrogen) atoms. The molecule has 1 amide bonds. The van der Waals surface area contributed by atoms with Crippen molar-refractivity contribution in [1.29, 1.82) is 0 Å². The lowest BCUT2D eigenvalue weighted by atomic mass is 9.87. The second-order valence-corrected chi connectivity index (χ2v) is 9.58. The van der Waals surface area contributed by atoms with E-state index in [2.05, 4.69) is 71.9 Å². The number of aryl methyl sites for hydroxylation is 1. The van der Waals surface area contributed by atoms with Crippen LogP contribution in [0.1, 0.15) is 66.4 Å². The van der Waals surface area contributed by atoms with Crippen molar-refractivity contribution in [3.63, 3.8) is 0 Å². The Bertz CT molecular complexity index is 1140. The molecule has 1 aliphatic heterocycles. The molecule has 3 aromatic rings. The quantitative estimate of drug-likeness (QED) is 0.300. The van der Waals surface area contributed by atoms with Crippen LogP contribution >= 0.6 is 0 Å². The first-order valence-corrected chi connectivity index (χ1v) is 12.8. The molecular formula is C31H37N3O. The summed E-state index contributed by atoms with van der Waals surface area (Å²) in [6.07, 6.45) is 10.0. The predicted molar refractivity (Wildman–Crippen MR) is 146 cm³/mol. The topological polar surface area (TPSA) is 36.4 Å². The number of hydrogen-bond donors (Lipinski definition) is 0. The number of benzene rings is 2. The number of anilines is 2. The Morgan fingerprint density at radius 1 is 1.06 bits per heavy atom. The summed E-state index contributed by atoms with van der Waals surface area (Å²) < 4.78 is 0. The van der Waals surface area contributed by atoms with Crippen LogP contribution in [0.4, 0.5) is 11.4 Å². The molecule has 0 fully saturated rings. The number of nitrogens with zero attached hydrogens (tertiary/aromatic N) is 3. The third-order valence-corrected chi connectivity index (χ3v) is 7.20. The van der Waals surface area contributed by atoms with E-state index in [1.54, 1.807) is 12.4 Å². The molecule has 0 spiro atoms. The summed E-state index contributed by atoms with van der Waals surface area (Å²) in [5.74, 6) is 0.573. The van der Waals surface area contributed by atoms with Crippen LogP contribution in [0.25, 0.3) is 0 Å². The number of fused-ring (bicyclic) bond motifs is 1. The molecule has 0 N–H and O–H groups in total. The predicted octanol–water partition coefficient (Wildman–Crippen LogP) is 7.03. The lowest BCUT2D eigenvalue weighted by Crippen LogP contribution is -2.33. The molecular weight excluding hydrogens is 430 g/mol. The molecule has 1 atom stereocenters. The molecule has 4 heteroatoms. The molecule has 0 radical (unpaired) electrons. The molecule has 4 rings (SSSR count). The van der Waals surface area contributed by atoms with Gasteiger partial charge in [-0.25, -0.2) is 0 Å². The van der Waals surface area contributed by atoms with Crippen LogP contribution in [0.2, 0.25) is 0 Å². The largest absolute Gasteiger partial charge is 0.372 e. The summed E-state index contributed by atoms with van der Waals surface area (Å²) in [7, 11) is 2.03. The number of carbonyl (C=O) groups is 1. The fourth-order valence-electron chi connectivity index (χ4n) is 4.94. The van der Waals surface area contributed by atoms with Crippen molar-refractivity contribution in [1.82, 2.24) is 4.98 Å². The van der Waals surface area contributed by atoms with E-state index in [1.807, 2.05) is 24.1 Å². The Labute approximate surface area is 210 Å². The van der Waals surface area contributed by atoms with Crippen LogP contribution in [0, 0.1) is 0 Å². The van der Waals surface area contributed by atoms with Gasteiger partial charge in [-0.05, 0) is 73.8 Å². The van der Waals surface area contributed by atoms with Crippen LogP contribution in [0.15, 0.2) is 85.2 Å². The lowest BCUT2D eigenvalue weighted by molar-refractivity contribution is 0.0990. The van der Waals surface area contributed by atoms with Crippen molar-refractivity contribution in [3.8, 4) is 0 Å². The van der Waals surface area contributed by atoms with E-state index < -0.39 is 0 Å². The van der Waals surface area contributed by atoms with Gasteiger partial charge in [-0.15, -0.1) is 0 Å². The highest BCUT2D eigenvalue weighted by molar-refractivity contribution is 6.10. The van der Waals surface area contributed by atoms with Gasteiger partial charge in [-0.2, -0.15) is 0 Å². The van der Waals surface area contributed by atoms with Crippen molar-refractivity contribution in [2.75, 3.05) is 29.9 Å². The molecule has 4 nitrogen and oxygen atoms in total. The number of allylic oxidation sites excluding steroid dienone is 1. The highest BCUT2D eigenvalue weighted by atomic mass is 16.2. The third-order valence-electron chi connectivity index (χ3n) is 7.20. The van der Waals surface area contributed by atoms with Crippen molar-refractivity contribution < 1.29 is 4.79 Å². The summed E-state index contributed by atoms with van der Waals surface area (Å²) in [6.45, 7) is 7.85. The monoisotopic (exact) mass is 467 g/mol. The zero-order valence-corrected chi connectivity index (χ0v) is 21.1. The van der Waals surface area contributed by atoms with Crippen molar-refractivity contribution >= 4 is 17.3 Å². The molecule has 1 aliphatic rings. The van der Waals surface area contributed by atoms with E-state index in [-0.39, 0.29) is 5.91 Å². The van der Waals surface area contributed by atoms with E-state index in [0.717, 1.165) is 56.4 Å². The molecule has 182 valence electrons. The van der Waals surface area contributed by atoms with Gasteiger partial charge in [0.05, 0.1) is 11.3 Å². The van der Waals surface area contributed by atoms with Gasteiger partial charge in [-0.1, -0.05) is 61.5 Å². The summed E-state index contributed by atoms with van der Waals surface area (Å²) >= 11 is 0. The van der Waals surface area contributed by atoms with Gasteiger partial charge in [0.2, 0.25) is 0 Å². The van der Waals surface area contributed by atoms with Gasteiger partial charge in [0.1, 0.15) is 0 Å². The van der Waals surface area contributed by atoms with Gasteiger partial charge < -0.3 is 9.80 Å². The molecule has 1 unspecified atom stereocenters. The molecule has 2 heterocycles. The van der Waals surface area contributed by atoms with E-state index in [1.165, 1.54) is 16.7 Å². The zero-order chi connectivity index (χ0) is 24.6. The second kappa shape index (κ2) is 11.8. The summed E-state index contributed by atoms with van der Waals surface area (Å²) in [6, 6.07) is 21.3. The van der Waals surface area contributed by atoms with Gasteiger partial charge >= 0.3 is 0 Å². The number of carbonyl (C=O) groups excluding carboxylic acids is 1. The average Bonchev–Trinajstić information content (AvgIpc) is 3.03. The minimum Gasteiger partial charge on any atom is -0.372 e. The first-order chi connectivity index (χ1) is 17.1. The third kappa shape index (κ3) is 6.19. The van der Waals surface area contributed by atoms with Crippen molar-refractivity contribution in [2.45, 2.75) is 51.4 Å². The average molecular weight is 468 g/mol. The Kier molecular flexibility index (Phi) is 8.36. The van der Waals surface area contributed by atoms with Gasteiger partial charge in [0, 0.05) is 38.2 Å². The summed E-state index contributed by atoms with van der Waals surface area (Å²) in [4.78, 5) is 21.6. The van der Waals surface area contributed by atoms with Crippen molar-refractivity contribution in [2.24, 2.45) is 0 Å². The van der Waals surface area contributed by atoms with Gasteiger partial charge in [0.25, 0.3) is 5.91 Å². The molecule has 0 saturated heterocycles. The number of aromatic nitrogens is 1. The van der Waals surface area contributed by atoms with E-state index in [0.29, 0.717) is 18.0 Å². The minimum absolute atomic E-state index is 0.0231. The second-order valence-electron chi connectivity index (χ2n) is 9.58. The highest BCUT2D eigenvalue weighted by Gasteiger charge is 2.26. The number of hydrogen-bond acceptors (Lipinski definition) is 3. The number of amides is 1. The molecule has 1 aromatic heterocycles. The van der Waals surface area contributed by atoms with E-state index in [9.17, 15) is 4.79 Å². The van der Waals surface area contributed by atoms with Gasteiger partial charge in [0.15, 0.2) is 0 Å². The minimum atomic E-state index is 0.0231. The number of rotatable bonds is 10. The normalized spacial score (nSPS) is 14.4.